The van der Waals surface area contributed by atoms with Crippen LogP contribution in [-0.4, -0.2) is 27.6 Å². The summed E-state index contributed by atoms with van der Waals surface area (Å²) in [7, 11) is 0. The van der Waals surface area contributed by atoms with E-state index in [0.29, 0.717) is 4.88 Å². The van der Waals surface area contributed by atoms with Gasteiger partial charge in [-0.15, -0.1) is 11.3 Å². The number of nitrogens with one attached hydrogen (secondary N) is 1. The number of hydrogen-bond donors (Lipinski definition) is 2. The fraction of sp³-hybridized carbons (Fsp3) is 0.231. The number of carbonyl (C=O) groups excluding carboxylic acids is 1. The Hall–Kier alpha value is -2.08. The van der Waals surface area contributed by atoms with Crippen molar-refractivity contribution < 1.29 is 14.7 Å². The van der Waals surface area contributed by atoms with Gasteiger partial charge in [0.05, 0.1) is 12.1 Å². The summed E-state index contributed by atoms with van der Waals surface area (Å²) in [5.74, 6) is -1.17. The third-order valence-electron chi connectivity index (χ3n) is 2.59. The van der Waals surface area contributed by atoms with E-state index in [1.54, 1.807) is 6.92 Å². The van der Waals surface area contributed by atoms with Crippen molar-refractivity contribution in [3.05, 3.63) is 40.8 Å². The Morgan fingerprint density at radius 3 is 2.74 bits per heavy atom. The van der Waals surface area contributed by atoms with Crippen molar-refractivity contribution in [1.29, 1.82) is 0 Å². The van der Waals surface area contributed by atoms with E-state index >= 15 is 0 Å². The summed E-state index contributed by atoms with van der Waals surface area (Å²) in [5, 5.41) is 13.2. The van der Waals surface area contributed by atoms with Crippen LogP contribution in [-0.2, 0) is 4.79 Å². The monoisotopic (exact) mass is 278 g/mol. The topological polar surface area (TPSA) is 71.3 Å². The molecule has 1 unspecified atom stereocenters. The smallest absolute Gasteiger partial charge is 0.305 e. The minimum absolute atomic E-state index is 0.0873. The highest BCUT2D eigenvalue weighted by molar-refractivity contribution is 7.12. The first-order valence-electron chi connectivity index (χ1n) is 5.81. The molecule has 1 atom stereocenters. The SMILES string of the molecule is CC(CC(=O)O)NC(=O)c1sccc1-n1cccc1. The van der Waals surface area contributed by atoms with Gasteiger partial charge in [0, 0.05) is 18.4 Å². The molecule has 2 rings (SSSR count). The number of nitrogens with zero attached hydrogens (tertiary/aromatic N) is 1. The largest absolute Gasteiger partial charge is 0.481 e. The van der Waals surface area contributed by atoms with Crippen LogP contribution in [0.5, 0.6) is 0 Å². The lowest BCUT2D eigenvalue weighted by Crippen LogP contribution is -2.34. The van der Waals surface area contributed by atoms with Crippen LogP contribution in [0.25, 0.3) is 5.69 Å². The molecular weight excluding hydrogens is 264 g/mol. The number of hydrogen-bond acceptors (Lipinski definition) is 3. The number of thiophene rings is 1. The van der Waals surface area contributed by atoms with Gasteiger partial charge in [0.25, 0.3) is 5.91 Å². The van der Waals surface area contributed by atoms with E-state index in [-0.39, 0.29) is 12.3 Å². The molecular formula is C13H14N2O3S. The van der Waals surface area contributed by atoms with Gasteiger partial charge in [-0.2, -0.15) is 0 Å². The maximum absolute atomic E-state index is 12.1. The quantitative estimate of drug-likeness (QED) is 0.880. The summed E-state index contributed by atoms with van der Waals surface area (Å²) in [6.45, 7) is 1.68. The van der Waals surface area contributed by atoms with Crippen molar-refractivity contribution in [2.24, 2.45) is 0 Å². The van der Waals surface area contributed by atoms with E-state index in [0.717, 1.165) is 5.69 Å². The maximum Gasteiger partial charge on any atom is 0.305 e. The van der Waals surface area contributed by atoms with Crippen LogP contribution < -0.4 is 5.32 Å². The van der Waals surface area contributed by atoms with E-state index in [9.17, 15) is 9.59 Å². The zero-order chi connectivity index (χ0) is 13.8. The standard InChI is InChI=1S/C13H14N2O3S/c1-9(8-11(16)17)14-13(18)12-10(4-7-19-12)15-5-2-3-6-15/h2-7,9H,8H2,1H3,(H,14,18)(H,16,17). The van der Waals surface area contributed by atoms with Gasteiger partial charge >= 0.3 is 5.97 Å². The summed E-state index contributed by atoms with van der Waals surface area (Å²) in [4.78, 5) is 23.3. The van der Waals surface area contributed by atoms with Gasteiger partial charge in [0.1, 0.15) is 4.88 Å². The Labute approximate surface area is 114 Å². The fourth-order valence-corrected chi connectivity index (χ4v) is 2.57. The van der Waals surface area contributed by atoms with Crippen molar-refractivity contribution in [2.75, 3.05) is 0 Å². The molecule has 0 radical (unpaired) electrons. The summed E-state index contributed by atoms with van der Waals surface area (Å²) < 4.78 is 1.85. The number of carboxylic acids is 1. The van der Waals surface area contributed by atoms with Gasteiger partial charge in [-0.3, -0.25) is 9.59 Å². The first-order valence-corrected chi connectivity index (χ1v) is 6.69. The predicted octanol–water partition coefficient (Wildman–Crippen LogP) is 2.13. The second kappa shape index (κ2) is 5.71. The molecule has 6 heteroatoms. The lowest BCUT2D eigenvalue weighted by molar-refractivity contribution is -0.137. The maximum atomic E-state index is 12.1. The Kier molecular flexibility index (Phi) is 4.01. The molecule has 100 valence electrons. The minimum Gasteiger partial charge on any atom is -0.481 e. The average Bonchev–Trinajstić information content (AvgIpc) is 2.98. The first-order chi connectivity index (χ1) is 9.08. The highest BCUT2D eigenvalue weighted by Gasteiger charge is 2.17. The molecule has 2 aromatic rings. The van der Waals surface area contributed by atoms with Crippen molar-refractivity contribution in [2.45, 2.75) is 19.4 Å². The second-order valence-electron chi connectivity index (χ2n) is 4.20. The van der Waals surface area contributed by atoms with Gasteiger partial charge in [0.15, 0.2) is 0 Å². The van der Waals surface area contributed by atoms with Gasteiger partial charge in [-0.1, -0.05) is 0 Å². The zero-order valence-corrected chi connectivity index (χ0v) is 11.2. The third kappa shape index (κ3) is 3.23. The van der Waals surface area contributed by atoms with Crippen molar-refractivity contribution in [3.8, 4) is 5.69 Å². The Morgan fingerprint density at radius 1 is 1.42 bits per heavy atom. The second-order valence-corrected chi connectivity index (χ2v) is 5.11. The molecule has 0 aliphatic rings. The molecule has 0 saturated carbocycles. The Balaban J connectivity index is 2.12. The lowest BCUT2D eigenvalue weighted by atomic mass is 10.2. The minimum atomic E-state index is -0.926. The molecule has 0 aliphatic heterocycles. The number of aromatic nitrogens is 1. The zero-order valence-electron chi connectivity index (χ0n) is 10.4. The number of rotatable bonds is 5. The van der Waals surface area contributed by atoms with E-state index in [2.05, 4.69) is 5.32 Å². The molecule has 0 fully saturated rings. The average molecular weight is 278 g/mol. The summed E-state index contributed by atoms with van der Waals surface area (Å²) in [5.41, 5.74) is 0.801. The van der Waals surface area contributed by atoms with Crippen LogP contribution in [0.3, 0.4) is 0 Å². The molecule has 5 nitrogen and oxygen atoms in total. The summed E-state index contributed by atoms with van der Waals surface area (Å²) >= 11 is 1.34. The first kappa shape index (κ1) is 13.4. The predicted molar refractivity (Wildman–Crippen MR) is 72.8 cm³/mol. The molecule has 1 amide bonds. The summed E-state index contributed by atoms with van der Waals surface area (Å²) in [6, 6.07) is 5.23. The molecule has 0 aromatic carbocycles. The van der Waals surface area contributed by atoms with Crippen LogP contribution in [0, 0.1) is 0 Å². The lowest BCUT2D eigenvalue weighted by Gasteiger charge is -2.12. The van der Waals surface area contributed by atoms with Crippen LogP contribution in [0.15, 0.2) is 36.0 Å². The number of aliphatic carboxylic acids is 1. The summed E-state index contributed by atoms with van der Waals surface area (Å²) in [6.07, 6.45) is 3.63. The molecule has 0 aliphatic carbocycles. The Bertz CT molecular complexity index is 574. The molecule has 2 heterocycles. The van der Waals surface area contributed by atoms with E-state index in [1.807, 2.05) is 40.5 Å². The van der Waals surface area contributed by atoms with Gasteiger partial charge < -0.3 is 15.0 Å². The van der Waals surface area contributed by atoms with E-state index in [4.69, 9.17) is 5.11 Å². The molecule has 0 spiro atoms. The van der Waals surface area contributed by atoms with Gasteiger partial charge in [-0.05, 0) is 30.5 Å². The van der Waals surface area contributed by atoms with E-state index < -0.39 is 12.0 Å². The molecule has 19 heavy (non-hydrogen) atoms. The molecule has 2 aromatic heterocycles. The van der Waals surface area contributed by atoms with Gasteiger partial charge in [0.2, 0.25) is 0 Å². The number of carboxylic acid groups (broad SMARTS) is 1. The Morgan fingerprint density at radius 2 is 2.11 bits per heavy atom. The van der Waals surface area contributed by atoms with Crippen LogP contribution in [0.1, 0.15) is 23.0 Å². The number of amides is 1. The molecule has 0 saturated heterocycles. The van der Waals surface area contributed by atoms with Crippen LogP contribution in [0.4, 0.5) is 0 Å². The van der Waals surface area contributed by atoms with Crippen molar-refractivity contribution in [3.63, 3.8) is 0 Å². The van der Waals surface area contributed by atoms with Crippen molar-refractivity contribution in [1.82, 2.24) is 9.88 Å². The highest BCUT2D eigenvalue weighted by atomic mass is 32.1. The van der Waals surface area contributed by atoms with Crippen molar-refractivity contribution >= 4 is 23.2 Å². The molecule has 2 N–H and O–H groups in total. The fourth-order valence-electron chi connectivity index (χ4n) is 1.77. The van der Waals surface area contributed by atoms with Crippen LogP contribution in [0.2, 0.25) is 0 Å². The van der Waals surface area contributed by atoms with Crippen LogP contribution >= 0.6 is 11.3 Å². The highest BCUT2D eigenvalue weighted by Crippen LogP contribution is 2.21. The molecule has 0 bridgehead atoms. The van der Waals surface area contributed by atoms with E-state index in [1.165, 1.54) is 11.3 Å². The normalized spacial score (nSPS) is 12.1. The number of carbonyl (C=O) groups is 2. The van der Waals surface area contributed by atoms with Gasteiger partial charge in [-0.25, -0.2) is 0 Å². The third-order valence-corrected chi connectivity index (χ3v) is 3.49.